The highest BCUT2D eigenvalue weighted by Gasteiger charge is 2.18. The molecule has 0 aliphatic carbocycles. The van der Waals surface area contributed by atoms with Crippen LogP contribution in [-0.2, 0) is 16.6 Å². The standard InChI is InChI=1S/C18H17N3O4S2/c1-25-16-5-4-14(8-15(16)18(19)22)27(23,24)21-10-12-7-13(11-20-9-12)17-3-2-6-26-17/h2-9,11,21H,10H2,1H3,(H2,19,22). The average Bonchev–Trinajstić information content (AvgIpc) is 3.21. The highest BCUT2D eigenvalue weighted by atomic mass is 32.2. The maximum atomic E-state index is 12.6. The third-order valence-electron chi connectivity index (χ3n) is 3.81. The smallest absolute Gasteiger partial charge is 0.252 e. The lowest BCUT2D eigenvalue weighted by Crippen LogP contribution is -2.24. The van der Waals surface area contributed by atoms with Gasteiger partial charge in [0.05, 0.1) is 17.6 Å². The van der Waals surface area contributed by atoms with Crippen LogP contribution >= 0.6 is 11.3 Å². The first kappa shape index (κ1) is 19.0. The van der Waals surface area contributed by atoms with E-state index in [0.29, 0.717) is 5.56 Å². The maximum Gasteiger partial charge on any atom is 0.252 e. The van der Waals surface area contributed by atoms with E-state index in [1.807, 2.05) is 23.6 Å². The molecule has 0 bridgehead atoms. The van der Waals surface area contributed by atoms with Crippen molar-refractivity contribution in [2.75, 3.05) is 7.11 Å². The van der Waals surface area contributed by atoms with Crippen molar-refractivity contribution in [1.29, 1.82) is 0 Å². The summed E-state index contributed by atoms with van der Waals surface area (Å²) in [5.41, 5.74) is 6.93. The van der Waals surface area contributed by atoms with Crippen LogP contribution in [0, 0.1) is 0 Å². The number of aromatic nitrogens is 1. The van der Waals surface area contributed by atoms with Crippen LogP contribution in [0.3, 0.4) is 0 Å². The van der Waals surface area contributed by atoms with E-state index in [-0.39, 0.29) is 22.8 Å². The van der Waals surface area contributed by atoms with Gasteiger partial charge in [0.25, 0.3) is 5.91 Å². The average molecular weight is 403 g/mol. The Labute approximate surface area is 160 Å². The molecule has 7 nitrogen and oxygen atoms in total. The molecule has 0 aliphatic rings. The summed E-state index contributed by atoms with van der Waals surface area (Å²) in [5.74, 6) is -0.550. The minimum atomic E-state index is -3.84. The summed E-state index contributed by atoms with van der Waals surface area (Å²) >= 11 is 1.58. The number of nitrogens with zero attached hydrogens (tertiary/aromatic N) is 1. The lowest BCUT2D eigenvalue weighted by Gasteiger charge is -2.10. The number of hydrogen-bond acceptors (Lipinski definition) is 6. The van der Waals surface area contributed by atoms with Crippen LogP contribution in [0.4, 0.5) is 0 Å². The van der Waals surface area contributed by atoms with Crippen molar-refractivity contribution in [1.82, 2.24) is 9.71 Å². The quantitative estimate of drug-likeness (QED) is 0.629. The number of thiophene rings is 1. The van der Waals surface area contributed by atoms with Gasteiger partial charge in [0.2, 0.25) is 10.0 Å². The molecule has 0 radical (unpaired) electrons. The highest BCUT2D eigenvalue weighted by molar-refractivity contribution is 7.89. The minimum Gasteiger partial charge on any atom is -0.496 e. The minimum absolute atomic E-state index is 0.00161. The topological polar surface area (TPSA) is 111 Å². The molecular formula is C18H17N3O4S2. The molecule has 0 saturated carbocycles. The number of primary amides is 1. The summed E-state index contributed by atoms with van der Waals surface area (Å²) in [6.45, 7) is 0.0620. The zero-order valence-electron chi connectivity index (χ0n) is 14.4. The fourth-order valence-corrected chi connectivity index (χ4v) is 4.22. The van der Waals surface area contributed by atoms with Gasteiger partial charge in [-0.15, -0.1) is 11.3 Å². The molecule has 1 aromatic carbocycles. The Morgan fingerprint density at radius 2 is 2.07 bits per heavy atom. The number of carbonyl (C=O) groups is 1. The first-order valence-electron chi connectivity index (χ1n) is 7.86. The van der Waals surface area contributed by atoms with E-state index in [2.05, 4.69) is 9.71 Å². The van der Waals surface area contributed by atoms with Crippen molar-refractivity contribution < 1.29 is 17.9 Å². The van der Waals surface area contributed by atoms with Crippen molar-refractivity contribution >= 4 is 27.3 Å². The number of amides is 1. The molecule has 2 aromatic heterocycles. The molecule has 3 N–H and O–H groups in total. The SMILES string of the molecule is COc1ccc(S(=O)(=O)NCc2cncc(-c3cccs3)c2)cc1C(N)=O. The van der Waals surface area contributed by atoms with E-state index in [1.54, 1.807) is 23.7 Å². The zero-order valence-corrected chi connectivity index (χ0v) is 16.0. The summed E-state index contributed by atoms with van der Waals surface area (Å²) in [6.07, 6.45) is 3.33. The number of nitrogens with one attached hydrogen (secondary N) is 1. The largest absolute Gasteiger partial charge is 0.496 e. The Bertz CT molecular complexity index is 1060. The van der Waals surface area contributed by atoms with Gasteiger partial charge in [-0.05, 0) is 41.3 Å². The Morgan fingerprint density at radius 1 is 1.26 bits per heavy atom. The number of ether oxygens (including phenoxy) is 1. The van der Waals surface area contributed by atoms with Gasteiger partial charge in [-0.1, -0.05) is 6.07 Å². The molecule has 140 valence electrons. The molecular weight excluding hydrogens is 386 g/mol. The van der Waals surface area contributed by atoms with Crippen LogP contribution in [0.15, 0.2) is 59.1 Å². The molecule has 0 unspecified atom stereocenters. The Morgan fingerprint density at radius 3 is 2.74 bits per heavy atom. The third kappa shape index (κ3) is 4.33. The Kier molecular flexibility index (Phi) is 5.54. The second-order valence-electron chi connectivity index (χ2n) is 5.61. The number of methoxy groups -OCH3 is 1. The van der Waals surface area contributed by atoms with Crippen LogP contribution < -0.4 is 15.2 Å². The fourth-order valence-electron chi connectivity index (χ4n) is 2.47. The molecule has 2 heterocycles. The molecule has 0 atom stereocenters. The van der Waals surface area contributed by atoms with Gasteiger partial charge in [-0.25, -0.2) is 13.1 Å². The van der Waals surface area contributed by atoms with Gasteiger partial charge in [-0.2, -0.15) is 0 Å². The third-order valence-corrected chi connectivity index (χ3v) is 6.13. The summed E-state index contributed by atoms with van der Waals surface area (Å²) in [7, 11) is -2.47. The van der Waals surface area contributed by atoms with Crippen molar-refractivity contribution in [2.45, 2.75) is 11.4 Å². The van der Waals surface area contributed by atoms with Crippen LogP contribution in [0.1, 0.15) is 15.9 Å². The molecule has 3 rings (SSSR count). The van der Waals surface area contributed by atoms with Gasteiger partial charge >= 0.3 is 0 Å². The lowest BCUT2D eigenvalue weighted by atomic mass is 10.2. The Hall–Kier alpha value is -2.75. The van der Waals surface area contributed by atoms with Crippen molar-refractivity contribution in [3.63, 3.8) is 0 Å². The number of rotatable bonds is 7. The molecule has 9 heteroatoms. The zero-order chi connectivity index (χ0) is 19.4. The number of sulfonamides is 1. The number of hydrogen-bond donors (Lipinski definition) is 2. The second-order valence-corrected chi connectivity index (χ2v) is 8.32. The first-order chi connectivity index (χ1) is 12.9. The molecule has 0 saturated heterocycles. The first-order valence-corrected chi connectivity index (χ1v) is 10.2. The number of carbonyl (C=O) groups excluding carboxylic acids is 1. The van der Waals surface area contributed by atoms with Crippen LogP contribution in [0.25, 0.3) is 10.4 Å². The molecule has 27 heavy (non-hydrogen) atoms. The summed E-state index contributed by atoms with van der Waals surface area (Å²) in [6, 6.07) is 9.74. The number of pyridine rings is 1. The monoisotopic (exact) mass is 403 g/mol. The normalized spacial score (nSPS) is 11.3. The summed E-state index contributed by atoms with van der Waals surface area (Å²) in [4.78, 5) is 16.7. The van der Waals surface area contributed by atoms with Gasteiger partial charge in [0, 0.05) is 29.4 Å². The predicted molar refractivity (Wildman–Crippen MR) is 103 cm³/mol. The number of benzene rings is 1. The van der Waals surface area contributed by atoms with Crippen molar-refractivity contribution in [2.24, 2.45) is 5.73 Å². The Balaban J connectivity index is 1.81. The van der Waals surface area contributed by atoms with E-state index in [0.717, 1.165) is 10.4 Å². The predicted octanol–water partition coefficient (Wildman–Crippen LogP) is 2.40. The van der Waals surface area contributed by atoms with Crippen LogP contribution in [0.5, 0.6) is 5.75 Å². The maximum absolute atomic E-state index is 12.6. The van der Waals surface area contributed by atoms with E-state index in [9.17, 15) is 13.2 Å². The van der Waals surface area contributed by atoms with E-state index >= 15 is 0 Å². The summed E-state index contributed by atoms with van der Waals surface area (Å²) in [5, 5.41) is 1.96. The molecule has 1 amide bonds. The molecule has 3 aromatic rings. The molecule has 0 aliphatic heterocycles. The van der Waals surface area contributed by atoms with Crippen molar-refractivity contribution in [3.05, 3.63) is 65.3 Å². The van der Waals surface area contributed by atoms with E-state index in [4.69, 9.17) is 10.5 Å². The lowest BCUT2D eigenvalue weighted by molar-refractivity contribution is 0.0997. The van der Waals surface area contributed by atoms with Gasteiger partial charge in [-0.3, -0.25) is 9.78 Å². The second kappa shape index (κ2) is 7.87. The van der Waals surface area contributed by atoms with Crippen molar-refractivity contribution in [3.8, 4) is 16.2 Å². The highest BCUT2D eigenvalue weighted by Crippen LogP contribution is 2.25. The van der Waals surface area contributed by atoms with E-state index < -0.39 is 15.9 Å². The van der Waals surface area contributed by atoms with Crippen LogP contribution in [-0.4, -0.2) is 26.4 Å². The molecule has 0 fully saturated rings. The van der Waals surface area contributed by atoms with E-state index in [1.165, 1.54) is 25.3 Å². The van der Waals surface area contributed by atoms with Gasteiger partial charge in [0.1, 0.15) is 5.75 Å². The number of nitrogens with two attached hydrogens (primary N) is 1. The fraction of sp³-hybridized carbons (Fsp3) is 0.111. The van der Waals surface area contributed by atoms with Crippen LogP contribution in [0.2, 0.25) is 0 Å². The molecule has 0 spiro atoms. The van der Waals surface area contributed by atoms with Gasteiger partial charge < -0.3 is 10.5 Å². The van der Waals surface area contributed by atoms with Gasteiger partial charge in [0.15, 0.2) is 0 Å². The summed E-state index contributed by atoms with van der Waals surface area (Å²) < 4.78 is 32.7.